The largest absolute Gasteiger partial charge is 0.506 e. The van der Waals surface area contributed by atoms with E-state index in [1.54, 1.807) is 42.5 Å². The molecule has 0 bridgehead atoms. The summed E-state index contributed by atoms with van der Waals surface area (Å²) in [4.78, 5) is 27.3. The number of pyridine rings is 1. The van der Waals surface area contributed by atoms with Crippen LogP contribution >= 0.6 is 0 Å². The lowest BCUT2D eigenvalue weighted by Crippen LogP contribution is -2.37. The van der Waals surface area contributed by atoms with Gasteiger partial charge in [0.25, 0.3) is 31.5 Å². The molecule has 0 fully saturated rings. The number of amides is 1. The van der Waals surface area contributed by atoms with Crippen LogP contribution in [0.5, 0.6) is 5.75 Å². The number of aromatic hydroxyl groups is 1. The summed E-state index contributed by atoms with van der Waals surface area (Å²) in [5.74, 6) is -1.52. The van der Waals surface area contributed by atoms with E-state index in [4.69, 9.17) is 0 Å². The lowest BCUT2D eigenvalue weighted by Gasteiger charge is -2.25. The van der Waals surface area contributed by atoms with Crippen LogP contribution in [-0.2, 0) is 27.1 Å². The zero-order valence-electron chi connectivity index (χ0n) is 22.4. The van der Waals surface area contributed by atoms with Gasteiger partial charge in [0.1, 0.15) is 11.3 Å². The third-order valence-corrected chi connectivity index (χ3v) is 11.0. The highest BCUT2D eigenvalue weighted by Crippen LogP contribution is 2.36. The highest BCUT2D eigenvalue weighted by molar-refractivity contribution is 8.10. The van der Waals surface area contributed by atoms with Gasteiger partial charge in [0, 0.05) is 25.2 Å². The minimum Gasteiger partial charge on any atom is -0.506 e. The molecule has 0 radical (unpaired) electrons. The van der Waals surface area contributed by atoms with Crippen LogP contribution in [-0.4, -0.2) is 39.5 Å². The molecule has 1 N–H and O–H groups in total. The number of nitrogens with zero attached hydrogens (tertiary/aromatic N) is 3. The van der Waals surface area contributed by atoms with E-state index in [0.29, 0.717) is 5.69 Å². The first kappa shape index (κ1) is 28.6. The Morgan fingerprint density at radius 3 is 1.69 bits per heavy atom. The van der Waals surface area contributed by atoms with E-state index in [1.807, 2.05) is 0 Å². The molecule has 12 heteroatoms. The smallest absolute Gasteiger partial charge is 0.277 e. The average Bonchev–Trinajstić information content (AvgIpc) is 3.00. The number of carbonyl (C=O) groups is 1. The molecular formula is C30H25N3O7S2. The van der Waals surface area contributed by atoms with Crippen LogP contribution in [0, 0.1) is 0 Å². The second-order valence-electron chi connectivity index (χ2n) is 9.32. The minimum atomic E-state index is -4.72. The molecule has 0 atom stereocenters. The highest BCUT2D eigenvalue weighted by Gasteiger charge is 2.37. The molecular weight excluding hydrogens is 578 g/mol. The van der Waals surface area contributed by atoms with Gasteiger partial charge in [-0.2, -0.15) is 3.71 Å². The van der Waals surface area contributed by atoms with Gasteiger partial charge >= 0.3 is 0 Å². The molecule has 0 aliphatic rings. The number of anilines is 2. The normalized spacial score (nSPS) is 11.8. The molecule has 4 aromatic carbocycles. The van der Waals surface area contributed by atoms with E-state index >= 15 is 0 Å². The van der Waals surface area contributed by atoms with E-state index in [1.165, 1.54) is 79.7 Å². The Labute approximate surface area is 242 Å². The molecule has 0 saturated heterocycles. The second-order valence-corrected chi connectivity index (χ2v) is 13.1. The summed E-state index contributed by atoms with van der Waals surface area (Å²) < 4.78 is 57.0. The van der Waals surface area contributed by atoms with Gasteiger partial charge < -0.3 is 14.6 Å². The van der Waals surface area contributed by atoms with Crippen LogP contribution in [0.15, 0.2) is 124 Å². The van der Waals surface area contributed by atoms with Crippen LogP contribution in [0.4, 0.5) is 11.4 Å². The number of aryl methyl sites for hydroxylation is 1. The maximum atomic E-state index is 13.9. The Bertz CT molecular complexity index is 2010. The van der Waals surface area contributed by atoms with Crippen molar-refractivity contribution in [2.24, 2.45) is 7.05 Å². The molecule has 0 spiro atoms. The number of benzene rings is 4. The Morgan fingerprint density at radius 2 is 1.19 bits per heavy atom. The lowest BCUT2D eigenvalue weighted by molar-refractivity contribution is 0.0988. The van der Waals surface area contributed by atoms with E-state index in [0.717, 1.165) is 10.6 Å². The van der Waals surface area contributed by atoms with Crippen molar-refractivity contribution in [3.05, 3.63) is 125 Å². The summed E-state index contributed by atoms with van der Waals surface area (Å²) in [6, 6.07) is 26.2. The molecule has 1 heterocycles. The summed E-state index contributed by atoms with van der Waals surface area (Å²) in [5.41, 5.74) is -1.07. The van der Waals surface area contributed by atoms with Gasteiger partial charge in [0.2, 0.25) is 0 Å². The minimum absolute atomic E-state index is 0.101. The molecule has 214 valence electrons. The van der Waals surface area contributed by atoms with Crippen molar-refractivity contribution in [3.63, 3.8) is 0 Å². The first-order chi connectivity index (χ1) is 20.0. The van der Waals surface area contributed by atoms with Gasteiger partial charge in [-0.3, -0.25) is 9.59 Å². The summed E-state index contributed by atoms with van der Waals surface area (Å²) in [7, 11) is -6.60. The Kier molecular flexibility index (Phi) is 7.35. The third kappa shape index (κ3) is 4.80. The van der Waals surface area contributed by atoms with Crippen LogP contribution in [0.25, 0.3) is 10.9 Å². The molecule has 0 unspecified atom stereocenters. The Balaban J connectivity index is 1.76. The second kappa shape index (κ2) is 10.8. The standard InChI is InChI=1S/C30H25N3O7S2/c1-31(21-12-6-3-7-13-21)29(35)27-28(34)25-20-22(18-19-26(25)32(2)30(27)36)33(41(37,38)23-14-8-4-9-15-23)42(39,40)24-16-10-5-11-17-24/h3-20,34H,1-2H3. The topological polar surface area (TPSA) is 134 Å². The van der Waals surface area contributed by atoms with Gasteiger partial charge in [-0.1, -0.05) is 54.6 Å². The van der Waals surface area contributed by atoms with Crippen LogP contribution < -0.4 is 14.2 Å². The van der Waals surface area contributed by atoms with Crippen LogP contribution in [0.1, 0.15) is 10.4 Å². The van der Waals surface area contributed by atoms with Gasteiger partial charge in [0.05, 0.1) is 21.0 Å². The maximum absolute atomic E-state index is 13.9. The van der Waals surface area contributed by atoms with Crippen molar-refractivity contribution in [1.82, 2.24) is 4.57 Å². The first-order valence-electron chi connectivity index (χ1n) is 12.6. The number of rotatable bonds is 7. The molecule has 0 aliphatic carbocycles. The SMILES string of the molecule is CN(C(=O)c1c(O)c2cc(N(S(=O)(=O)c3ccccc3)S(=O)(=O)c3ccccc3)ccc2n(C)c1=O)c1ccccc1. The zero-order valence-corrected chi connectivity index (χ0v) is 24.1. The number of hydrogen-bond acceptors (Lipinski definition) is 7. The molecule has 10 nitrogen and oxygen atoms in total. The number of fused-ring (bicyclic) bond motifs is 1. The fourth-order valence-electron chi connectivity index (χ4n) is 4.55. The number of carbonyl (C=O) groups excluding carboxylic acids is 1. The molecule has 1 amide bonds. The molecule has 5 aromatic rings. The lowest BCUT2D eigenvalue weighted by atomic mass is 10.1. The molecule has 0 saturated carbocycles. The fourth-order valence-corrected chi connectivity index (χ4v) is 8.26. The number of hydrogen-bond donors (Lipinski definition) is 1. The molecule has 0 aliphatic heterocycles. The third-order valence-electron chi connectivity index (χ3n) is 6.74. The van der Waals surface area contributed by atoms with Crippen molar-refractivity contribution >= 4 is 48.2 Å². The van der Waals surface area contributed by atoms with Crippen molar-refractivity contribution in [2.45, 2.75) is 9.79 Å². The predicted molar refractivity (Wildman–Crippen MR) is 160 cm³/mol. The summed E-state index contributed by atoms with van der Waals surface area (Å²) in [5, 5.41) is 11.2. The first-order valence-corrected chi connectivity index (χ1v) is 15.4. The van der Waals surface area contributed by atoms with Crippen LogP contribution in [0.2, 0.25) is 0 Å². The summed E-state index contributed by atoms with van der Waals surface area (Å²) in [6.07, 6.45) is 0. The predicted octanol–water partition coefficient (Wildman–Crippen LogP) is 4.10. The van der Waals surface area contributed by atoms with Gasteiger partial charge in [-0.25, -0.2) is 16.8 Å². The number of para-hydroxylation sites is 1. The number of aromatic nitrogens is 1. The fraction of sp³-hybridized carbons (Fsp3) is 0.0667. The number of sulfonamides is 2. The Morgan fingerprint density at radius 1 is 0.714 bits per heavy atom. The van der Waals surface area contributed by atoms with Crippen molar-refractivity contribution < 1.29 is 26.7 Å². The monoisotopic (exact) mass is 603 g/mol. The zero-order chi connectivity index (χ0) is 30.2. The molecule has 5 rings (SSSR count). The van der Waals surface area contributed by atoms with Crippen molar-refractivity contribution in [1.29, 1.82) is 0 Å². The van der Waals surface area contributed by atoms with Crippen molar-refractivity contribution in [3.8, 4) is 5.75 Å². The molecule has 42 heavy (non-hydrogen) atoms. The summed E-state index contributed by atoms with van der Waals surface area (Å²) in [6.45, 7) is 0. The van der Waals surface area contributed by atoms with E-state index < -0.39 is 42.8 Å². The summed E-state index contributed by atoms with van der Waals surface area (Å²) >= 11 is 0. The highest BCUT2D eigenvalue weighted by atomic mass is 32.3. The van der Waals surface area contributed by atoms with Gasteiger partial charge in [0.15, 0.2) is 0 Å². The quantitative estimate of drug-likeness (QED) is 0.296. The van der Waals surface area contributed by atoms with Crippen LogP contribution in [0.3, 0.4) is 0 Å². The Hall–Kier alpha value is -4.94. The average molecular weight is 604 g/mol. The van der Waals surface area contributed by atoms with E-state index in [9.17, 15) is 31.5 Å². The van der Waals surface area contributed by atoms with Crippen molar-refractivity contribution in [2.75, 3.05) is 15.7 Å². The maximum Gasteiger partial charge on any atom is 0.277 e. The van der Waals surface area contributed by atoms with Gasteiger partial charge in [-0.05, 0) is 54.6 Å². The van der Waals surface area contributed by atoms with E-state index in [2.05, 4.69) is 0 Å². The van der Waals surface area contributed by atoms with E-state index in [-0.39, 0.29) is 30.1 Å². The molecule has 1 aromatic heterocycles. The van der Waals surface area contributed by atoms with Gasteiger partial charge in [-0.15, -0.1) is 0 Å².